The van der Waals surface area contributed by atoms with Gasteiger partial charge in [-0.25, -0.2) is 13.8 Å². The monoisotopic (exact) mass is 342 g/mol. The van der Waals surface area contributed by atoms with E-state index in [1.54, 1.807) is 6.07 Å². The fraction of sp³-hybridized carbons (Fsp3) is 0.350. The molecule has 1 saturated heterocycles. The Labute approximate surface area is 145 Å². The quantitative estimate of drug-likeness (QED) is 0.667. The summed E-state index contributed by atoms with van der Waals surface area (Å²) < 4.78 is 33.2. The number of nitrogens with zero attached hydrogens (tertiary/aromatic N) is 2. The molecule has 1 aromatic heterocycles. The van der Waals surface area contributed by atoms with Crippen LogP contribution in [0.15, 0.2) is 46.9 Å². The Morgan fingerprint density at radius 3 is 2.84 bits per heavy atom. The molecule has 0 bridgehead atoms. The third-order valence-electron chi connectivity index (χ3n) is 5.07. The van der Waals surface area contributed by atoms with E-state index in [2.05, 4.69) is 9.88 Å². The van der Waals surface area contributed by atoms with Crippen molar-refractivity contribution in [2.24, 2.45) is 0 Å². The number of hydrogen-bond donors (Lipinski definition) is 0. The Morgan fingerprint density at radius 2 is 2.04 bits per heavy atom. The largest absolute Gasteiger partial charge is 0.440 e. The molecular weight excluding hydrogens is 322 g/mol. The van der Waals surface area contributed by atoms with Crippen LogP contribution < -0.4 is 0 Å². The zero-order valence-corrected chi connectivity index (χ0v) is 14.1. The van der Waals surface area contributed by atoms with E-state index >= 15 is 0 Å². The highest BCUT2D eigenvalue weighted by Crippen LogP contribution is 2.33. The van der Waals surface area contributed by atoms with Crippen molar-refractivity contribution >= 4 is 11.1 Å². The molecule has 5 heteroatoms. The molecule has 0 spiro atoms. The summed E-state index contributed by atoms with van der Waals surface area (Å²) in [7, 11) is 0. The Morgan fingerprint density at radius 1 is 1.20 bits per heavy atom. The van der Waals surface area contributed by atoms with Gasteiger partial charge in [0.15, 0.2) is 11.5 Å². The van der Waals surface area contributed by atoms with Crippen molar-refractivity contribution in [1.29, 1.82) is 0 Å². The molecule has 3 aromatic rings. The third kappa shape index (κ3) is 3.16. The summed E-state index contributed by atoms with van der Waals surface area (Å²) in [6.07, 6.45) is 2.00. The molecular formula is C20H20F2N2O. The molecule has 2 unspecified atom stereocenters. The van der Waals surface area contributed by atoms with Gasteiger partial charge >= 0.3 is 0 Å². The van der Waals surface area contributed by atoms with Crippen LogP contribution in [0.4, 0.5) is 8.78 Å². The molecule has 1 fully saturated rings. The van der Waals surface area contributed by atoms with Gasteiger partial charge in [-0.1, -0.05) is 18.2 Å². The van der Waals surface area contributed by atoms with E-state index in [0.29, 0.717) is 5.56 Å². The lowest BCUT2D eigenvalue weighted by Crippen LogP contribution is -2.36. The fourth-order valence-corrected chi connectivity index (χ4v) is 3.66. The zero-order chi connectivity index (χ0) is 17.4. The second-order valence-electron chi connectivity index (χ2n) is 6.70. The Balaban J connectivity index is 1.55. The van der Waals surface area contributed by atoms with Gasteiger partial charge in [-0.2, -0.15) is 0 Å². The van der Waals surface area contributed by atoms with Crippen molar-refractivity contribution in [3.05, 3.63) is 65.6 Å². The number of benzene rings is 2. The van der Waals surface area contributed by atoms with Gasteiger partial charge in [0, 0.05) is 30.1 Å². The van der Waals surface area contributed by atoms with E-state index in [1.165, 1.54) is 6.07 Å². The number of rotatable bonds is 3. The minimum absolute atomic E-state index is 0.118. The van der Waals surface area contributed by atoms with E-state index in [1.807, 2.05) is 31.2 Å². The van der Waals surface area contributed by atoms with Crippen LogP contribution in [-0.4, -0.2) is 23.0 Å². The van der Waals surface area contributed by atoms with E-state index in [4.69, 9.17) is 4.42 Å². The predicted octanol–water partition coefficient (Wildman–Crippen LogP) is 5.05. The molecule has 1 aliphatic rings. The lowest BCUT2D eigenvalue weighted by atomic mass is 9.95. The molecule has 25 heavy (non-hydrogen) atoms. The maximum Gasteiger partial charge on any atom is 0.199 e. The topological polar surface area (TPSA) is 29.3 Å². The van der Waals surface area contributed by atoms with Crippen LogP contribution in [0, 0.1) is 11.6 Å². The van der Waals surface area contributed by atoms with Crippen molar-refractivity contribution in [1.82, 2.24) is 9.88 Å². The predicted molar refractivity (Wildman–Crippen MR) is 92.3 cm³/mol. The molecule has 0 amide bonds. The summed E-state index contributed by atoms with van der Waals surface area (Å²) in [6, 6.07) is 11.4. The maximum absolute atomic E-state index is 14.1. The molecule has 0 aliphatic carbocycles. The minimum Gasteiger partial charge on any atom is -0.440 e. The smallest absolute Gasteiger partial charge is 0.199 e. The van der Waals surface area contributed by atoms with E-state index < -0.39 is 11.6 Å². The van der Waals surface area contributed by atoms with Crippen molar-refractivity contribution < 1.29 is 13.2 Å². The molecule has 2 aromatic carbocycles. The van der Waals surface area contributed by atoms with Gasteiger partial charge in [0.25, 0.3) is 0 Å². The summed E-state index contributed by atoms with van der Waals surface area (Å²) in [4.78, 5) is 6.84. The average molecular weight is 342 g/mol. The summed E-state index contributed by atoms with van der Waals surface area (Å²) in [5.74, 6) is -0.0993. The van der Waals surface area contributed by atoms with Crippen molar-refractivity contribution in [3.63, 3.8) is 0 Å². The fourth-order valence-electron chi connectivity index (χ4n) is 3.66. The summed E-state index contributed by atoms with van der Waals surface area (Å²) in [5.41, 5.74) is 2.19. The number of hydrogen-bond acceptors (Lipinski definition) is 3. The van der Waals surface area contributed by atoms with Gasteiger partial charge in [-0.05, 0) is 44.5 Å². The number of para-hydroxylation sites is 2. The Bertz CT molecular complexity index is 859. The first kappa shape index (κ1) is 16.2. The van der Waals surface area contributed by atoms with Crippen molar-refractivity contribution in [3.8, 4) is 0 Å². The first-order valence-corrected chi connectivity index (χ1v) is 8.66. The number of likely N-dealkylation sites (tertiary alicyclic amines) is 1. The minimum atomic E-state index is -0.545. The number of halogens is 2. The molecule has 0 radical (unpaired) electrons. The maximum atomic E-state index is 14.1. The van der Waals surface area contributed by atoms with Crippen LogP contribution in [0.3, 0.4) is 0 Å². The Kier molecular flexibility index (Phi) is 4.25. The second kappa shape index (κ2) is 6.56. The molecule has 2 heterocycles. The number of piperidine rings is 1. The van der Waals surface area contributed by atoms with Gasteiger partial charge in [0.1, 0.15) is 17.2 Å². The average Bonchev–Trinajstić information content (AvgIpc) is 3.05. The lowest BCUT2D eigenvalue weighted by Gasteiger charge is -2.36. The standard InChI is InChI=1S/C20H20F2N2O/c1-13(16-9-8-15(21)11-17(16)22)24-10-4-5-14(12-24)20-23-18-6-2-3-7-19(18)25-20/h2-3,6-9,11,13-14H,4-5,10,12H2,1H3. The van der Waals surface area contributed by atoms with E-state index in [9.17, 15) is 8.78 Å². The van der Waals surface area contributed by atoms with Crippen LogP contribution in [0.1, 0.15) is 43.2 Å². The van der Waals surface area contributed by atoms with Crippen LogP contribution in [0.2, 0.25) is 0 Å². The molecule has 0 N–H and O–H groups in total. The SMILES string of the molecule is CC(c1ccc(F)cc1F)N1CCCC(c2nc3ccccc3o2)C1. The van der Waals surface area contributed by atoms with Crippen LogP contribution in [-0.2, 0) is 0 Å². The van der Waals surface area contributed by atoms with Gasteiger partial charge in [-0.15, -0.1) is 0 Å². The summed E-state index contributed by atoms with van der Waals surface area (Å²) >= 11 is 0. The zero-order valence-electron chi connectivity index (χ0n) is 14.1. The van der Waals surface area contributed by atoms with Crippen LogP contribution >= 0.6 is 0 Å². The normalized spacial score (nSPS) is 20.0. The number of oxazole rings is 1. The van der Waals surface area contributed by atoms with Gasteiger partial charge in [0.2, 0.25) is 0 Å². The molecule has 3 nitrogen and oxygen atoms in total. The van der Waals surface area contributed by atoms with Crippen molar-refractivity contribution in [2.45, 2.75) is 31.7 Å². The summed E-state index contributed by atoms with van der Waals surface area (Å²) in [5, 5.41) is 0. The highest BCUT2D eigenvalue weighted by molar-refractivity contribution is 5.72. The number of aromatic nitrogens is 1. The lowest BCUT2D eigenvalue weighted by molar-refractivity contribution is 0.146. The van der Waals surface area contributed by atoms with Crippen LogP contribution in [0.5, 0.6) is 0 Å². The highest BCUT2D eigenvalue weighted by Gasteiger charge is 2.29. The first-order chi connectivity index (χ1) is 12.1. The second-order valence-corrected chi connectivity index (χ2v) is 6.70. The van der Waals surface area contributed by atoms with E-state index in [0.717, 1.165) is 49.0 Å². The van der Waals surface area contributed by atoms with Gasteiger partial charge in [-0.3, -0.25) is 4.90 Å². The Hall–Kier alpha value is -2.27. The van der Waals surface area contributed by atoms with Crippen LogP contribution in [0.25, 0.3) is 11.1 Å². The first-order valence-electron chi connectivity index (χ1n) is 8.66. The van der Waals surface area contributed by atoms with E-state index in [-0.39, 0.29) is 12.0 Å². The molecule has 4 rings (SSSR count). The summed E-state index contributed by atoms with van der Waals surface area (Å²) in [6.45, 7) is 3.60. The molecule has 0 saturated carbocycles. The van der Waals surface area contributed by atoms with Gasteiger partial charge < -0.3 is 4.42 Å². The number of fused-ring (bicyclic) bond motifs is 1. The molecule has 2 atom stereocenters. The van der Waals surface area contributed by atoms with Gasteiger partial charge in [0.05, 0.1) is 0 Å². The molecule has 1 aliphatic heterocycles. The third-order valence-corrected chi connectivity index (χ3v) is 5.07. The molecule has 130 valence electrons. The van der Waals surface area contributed by atoms with Crippen molar-refractivity contribution in [2.75, 3.05) is 13.1 Å². The highest BCUT2D eigenvalue weighted by atomic mass is 19.1.